The summed E-state index contributed by atoms with van der Waals surface area (Å²) in [5.74, 6) is -10.0. The Morgan fingerprint density at radius 1 is 0.682 bits per heavy atom. The lowest BCUT2D eigenvalue weighted by Gasteiger charge is -2.28. The summed E-state index contributed by atoms with van der Waals surface area (Å²) >= 11 is 0. The van der Waals surface area contributed by atoms with Crippen molar-refractivity contribution in [2.75, 3.05) is 0 Å². The zero-order valence-electron chi connectivity index (χ0n) is 9.24. The number of hydrogen-bond donors (Lipinski definition) is 1. The maximum atomic E-state index is 12.4. The Balaban J connectivity index is 5.15. The van der Waals surface area contributed by atoms with E-state index in [9.17, 15) is 53.1 Å². The van der Waals surface area contributed by atoms with Crippen LogP contribution in [0.1, 0.15) is 0 Å². The summed E-state index contributed by atoms with van der Waals surface area (Å²) in [6, 6.07) is 0. The van der Waals surface area contributed by atoms with Gasteiger partial charge in [0.15, 0.2) is 0 Å². The molecule has 0 heterocycles. The van der Waals surface area contributed by atoms with Gasteiger partial charge in [-0.3, -0.25) is 0 Å². The molecule has 0 saturated carbocycles. The average molecular weight is 362 g/mol. The van der Waals surface area contributed by atoms with E-state index in [-0.39, 0.29) is 0 Å². The predicted octanol–water partition coefficient (Wildman–Crippen LogP) is 2.97. The van der Waals surface area contributed by atoms with Gasteiger partial charge in [-0.2, -0.15) is 22.3 Å². The van der Waals surface area contributed by atoms with Crippen molar-refractivity contribution in [1.82, 2.24) is 0 Å². The van der Waals surface area contributed by atoms with E-state index in [0.717, 1.165) is 0 Å². The lowest BCUT2D eigenvalue weighted by molar-refractivity contribution is -0.589. The molecule has 0 atom stereocenters. The van der Waals surface area contributed by atoms with Crippen LogP contribution in [0.3, 0.4) is 0 Å². The molecule has 0 bridgehead atoms. The minimum atomic E-state index is -6.63. The fourth-order valence-corrected chi connectivity index (χ4v) is 0.653. The van der Waals surface area contributed by atoms with E-state index in [1.165, 1.54) is 0 Å². The predicted molar refractivity (Wildman–Crippen MR) is 36.7 cm³/mol. The van der Waals surface area contributed by atoms with Crippen molar-refractivity contribution in [3.05, 3.63) is 0 Å². The van der Waals surface area contributed by atoms with Gasteiger partial charge in [0.1, 0.15) is 0 Å². The van der Waals surface area contributed by atoms with Crippen LogP contribution in [0.15, 0.2) is 0 Å². The number of hydrogen-bond acceptors (Lipinski definition) is 4. The molecule has 0 amide bonds. The van der Waals surface area contributed by atoms with Crippen LogP contribution in [-0.2, 0) is 19.0 Å². The quantitative estimate of drug-likeness (QED) is 0.557. The third kappa shape index (κ3) is 5.76. The van der Waals surface area contributed by atoms with Gasteiger partial charge in [0.2, 0.25) is 0 Å². The summed E-state index contributed by atoms with van der Waals surface area (Å²) in [5.41, 5.74) is 0. The molecule has 0 aliphatic carbocycles. The first-order valence-corrected chi connectivity index (χ1v) is 4.23. The van der Waals surface area contributed by atoms with Gasteiger partial charge < -0.3 is 5.11 Å². The van der Waals surface area contributed by atoms with Gasteiger partial charge in [-0.15, -0.1) is 30.7 Å². The molecular weight excluding hydrogens is 361 g/mol. The third-order valence-corrected chi connectivity index (χ3v) is 1.35. The van der Waals surface area contributed by atoms with E-state index in [4.69, 9.17) is 5.11 Å². The number of ether oxygens (including phenoxy) is 3. The lowest BCUT2D eigenvalue weighted by atomic mass is 10.3. The monoisotopic (exact) mass is 362 g/mol. The Morgan fingerprint density at radius 3 is 1.36 bits per heavy atom. The molecule has 1 N–H and O–H groups in total. The molecule has 22 heavy (non-hydrogen) atoms. The molecular formula is C6HF11O5. The number of halogens is 11. The van der Waals surface area contributed by atoms with Crippen LogP contribution in [0.5, 0.6) is 0 Å². The number of rotatable bonds is 7. The van der Waals surface area contributed by atoms with Crippen LogP contribution in [0.4, 0.5) is 48.3 Å². The number of carbonyl (C=O) groups is 1. The molecule has 0 radical (unpaired) electrons. The molecule has 0 spiro atoms. The zero-order chi connectivity index (χ0) is 18.2. The first-order valence-electron chi connectivity index (χ1n) is 4.23. The molecule has 5 nitrogen and oxygen atoms in total. The van der Waals surface area contributed by atoms with Gasteiger partial charge in [-0.25, -0.2) is 14.3 Å². The number of carboxylic acids is 1. The SMILES string of the molecule is O=C(O)C(F)(F)C(F)(F)OC(F)(F)OC(F)(F)OC(F)(F)F. The maximum absolute atomic E-state index is 12.4. The number of alkyl halides is 11. The highest BCUT2D eigenvalue weighted by Crippen LogP contribution is 2.42. The zero-order valence-corrected chi connectivity index (χ0v) is 9.24. The normalized spacial score (nSPS) is 15.0. The molecule has 0 aromatic rings. The average Bonchev–Trinajstić information content (AvgIpc) is 2.07. The van der Waals surface area contributed by atoms with Crippen LogP contribution in [0, 0.1) is 0 Å². The van der Waals surface area contributed by atoms with E-state index in [1.54, 1.807) is 14.2 Å². The number of carboxylic acid groups (broad SMARTS) is 1. The first kappa shape index (κ1) is 20.6. The minimum Gasteiger partial charge on any atom is -0.477 e. The third-order valence-electron chi connectivity index (χ3n) is 1.35. The van der Waals surface area contributed by atoms with Crippen molar-refractivity contribution in [2.45, 2.75) is 31.0 Å². The van der Waals surface area contributed by atoms with Gasteiger partial charge in [0.25, 0.3) is 0 Å². The summed E-state index contributed by atoms with van der Waals surface area (Å²) in [5, 5.41) is 7.64. The Bertz CT molecular complexity index is 416. The summed E-state index contributed by atoms with van der Waals surface area (Å²) in [6.07, 6.45) is -25.7. The van der Waals surface area contributed by atoms with E-state index in [0.29, 0.717) is 0 Å². The molecule has 0 aliphatic heterocycles. The molecule has 0 fully saturated rings. The van der Waals surface area contributed by atoms with Gasteiger partial charge in [-0.1, -0.05) is 0 Å². The van der Waals surface area contributed by atoms with E-state index in [2.05, 4.69) is 0 Å². The second kappa shape index (κ2) is 5.65. The van der Waals surface area contributed by atoms with Crippen LogP contribution in [0.2, 0.25) is 0 Å². The van der Waals surface area contributed by atoms with Crippen LogP contribution < -0.4 is 0 Å². The van der Waals surface area contributed by atoms with E-state index in [1.807, 2.05) is 0 Å². The van der Waals surface area contributed by atoms with Crippen molar-refractivity contribution in [3.8, 4) is 0 Å². The largest absolute Gasteiger partial charge is 0.529 e. The standard InChI is InChI=1S/C6HF11O5/c7-2(8,1(18)19)3(9,10)20-5(14,15)22-6(16,17)21-4(11,12)13/h(H,18,19). The van der Waals surface area contributed by atoms with Crippen molar-refractivity contribution >= 4 is 5.97 Å². The molecule has 16 heteroatoms. The summed E-state index contributed by atoms with van der Waals surface area (Å²) < 4.78 is 138. The topological polar surface area (TPSA) is 65.0 Å². The van der Waals surface area contributed by atoms with Crippen LogP contribution >= 0.6 is 0 Å². The fraction of sp³-hybridized carbons (Fsp3) is 0.833. The highest BCUT2D eigenvalue weighted by Gasteiger charge is 2.69. The molecule has 0 aromatic heterocycles. The second-order valence-electron chi connectivity index (χ2n) is 3.07. The van der Waals surface area contributed by atoms with Crippen molar-refractivity contribution in [1.29, 1.82) is 0 Å². The highest BCUT2D eigenvalue weighted by atomic mass is 19.4. The molecule has 132 valence electrons. The molecule has 0 aromatic carbocycles. The van der Waals surface area contributed by atoms with Gasteiger partial charge in [0, 0.05) is 0 Å². The Kier molecular flexibility index (Phi) is 5.29. The fourth-order valence-electron chi connectivity index (χ4n) is 0.653. The van der Waals surface area contributed by atoms with Gasteiger partial charge >= 0.3 is 37.0 Å². The number of aliphatic carboxylic acids is 1. The summed E-state index contributed by atoms with van der Waals surface area (Å²) in [6.45, 7) is 0. The van der Waals surface area contributed by atoms with E-state index >= 15 is 0 Å². The van der Waals surface area contributed by atoms with Gasteiger partial charge in [-0.05, 0) is 0 Å². The van der Waals surface area contributed by atoms with Crippen molar-refractivity contribution < 1.29 is 72.4 Å². The van der Waals surface area contributed by atoms with Crippen molar-refractivity contribution in [2.24, 2.45) is 0 Å². The van der Waals surface area contributed by atoms with E-state index < -0.39 is 37.0 Å². The van der Waals surface area contributed by atoms with Crippen LogP contribution in [-0.4, -0.2) is 42.1 Å². The maximum Gasteiger partial charge on any atom is 0.529 e. The molecule has 0 aliphatic rings. The van der Waals surface area contributed by atoms with Crippen molar-refractivity contribution in [3.63, 3.8) is 0 Å². The molecule has 0 saturated heterocycles. The minimum absolute atomic E-state index is 1.64. The molecule has 0 rings (SSSR count). The molecule has 0 unspecified atom stereocenters. The Labute approximate surface area is 111 Å². The Hall–Kier alpha value is -1.42. The summed E-state index contributed by atoms with van der Waals surface area (Å²) in [4.78, 5) is 9.71. The van der Waals surface area contributed by atoms with Crippen LogP contribution in [0.25, 0.3) is 0 Å². The lowest BCUT2D eigenvalue weighted by Crippen LogP contribution is -2.53. The second-order valence-corrected chi connectivity index (χ2v) is 3.07. The smallest absolute Gasteiger partial charge is 0.477 e. The highest BCUT2D eigenvalue weighted by molar-refractivity contribution is 5.76. The summed E-state index contributed by atoms with van der Waals surface area (Å²) in [7, 11) is 0. The Morgan fingerprint density at radius 2 is 1.05 bits per heavy atom. The first-order chi connectivity index (χ1) is 9.31. The van der Waals surface area contributed by atoms with Gasteiger partial charge in [0.05, 0.1) is 0 Å².